The Morgan fingerprint density at radius 2 is 2.04 bits per heavy atom. The molecule has 3 N–H and O–H groups in total. The number of nitrogens with zero attached hydrogens (tertiary/aromatic N) is 3. The molecule has 0 aliphatic carbocycles. The number of ketones is 1. The van der Waals surface area contributed by atoms with E-state index in [1.807, 2.05) is 0 Å². The zero-order chi connectivity index (χ0) is 17.1. The number of nitrogens with two attached hydrogens (primary N) is 1. The van der Waals surface area contributed by atoms with E-state index in [0.717, 1.165) is 11.3 Å². The zero-order valence-electron chi connectivity index (χ0n) is 12.2. The van der Waals surface area contributed by atoms with Crippen LogP contribution in [0.25, 0.3) is 0 Å². The number of rotatable bonds is 5. The van der Waals surface area contributed by atoms with Crippen molar-refractivity contribution < 1.29 is 9.72 Å². The minimum absolute atomic E-state index is 0.0224. The summed E-state index contributed by atoms with van der Waals surface area (Å²) in [5.41, 5.74) is 6.21. The summed E-state index contributed by atoms with van der Waals surface area (Å²) in [7, 11) is 0. The predicted octanol–water partition coefficient (Wildman–Crippen LogP) is 3.00. The molecule has 0 fully saturated rings. The van der Waals surface area contributed by atoms with Crippen LogP contribution in [0.3, 0.4) is 0 Å². The quantitative estimate of drug-likeness (QED) is 0.415. The fourth-order valence-corrected chi connectivity index (χ4v) is 2.91. The summed E-state index contributed by atoms with van der Waals surface area (Å²) in [5, 5.41) is 14.5. The first kappa shape index (κ1) is 15.6. The molecule has 2 aromatic heterocycles. The van der Waals surface area contributed by atoms with Crippen LogP contribution in [0.2, 0.25) is 0 Å². The molecular weight excluding hydrogens is 330 g/mol. The number of nitrogen functional groups attached to an aromatic ring is 1. The summed E-state index contributed by atoms with van der Waals surface area (Å²) in [6.45, 7) is 0. The van der Waals surface area contributed by atoms with E-state index in [4.69, 9.17) is 5.73 Å². The molecule has 0 radical (unpaired) electrons. The fourth-order valence-electron chi connectivity index (χ4n) is 2.06. The number of para-hydroxylation sites is 1. The van der Waals surface area contributed by atoms with E-state index in [1.165, 1.54) is 18.2 Å². The fraction of sp³-hybridized carbons (Fsp3) is 0. The third kappa shape index (κ3) is 3.06. The third-order valence-electron chi connectivity index (χ3n) is 3.12. The third-order valence-corrected chi connectivity index (χ3v) is 4.10. The highest BCUT2D eigenvalue weighted by Crippen LogP contribution is 2.31. The molecule has 120 valence electrons. The number of hydrogen-bond donors (Lipinski definition) is 2. The minimum Gasteiger partial charge on any atom is -0.382 e. The Morgan fingerprint density at radius 1 is 1.25 bits per heavy atom. The lowest BCUT2D eigenvalue weighted by molar-refractivity contribution is -0.385. The highest BCUT2D eigenvalue weighted by molar-refractivity contribution is 7.18. The summed E-state index contributed by atoms with van der Waals surface area (Å²) >= 11 is 1.03. The Morgan fingerprint density at radius 3 is 2.75 bits per heavy atom. The minimum atomic E-state index is -0.598. The van der Waals surface area contributed by atoms with Crippen molar-refractivity contribution in [3.63, 3.8) is 0 Å². The van der Waals surface area contributed by atoms with Gasteiger partial charge in [-0.15, -0.1) is 0 Å². The first-order valence-electron chi connectivity index (χ1n) is 6.77. The van der Waals surface area contributed by atoms with Crippen LogP contribution in [-0.2, 0) is 0 Å². The van der Waals surface area contributed by atoms with E-state index >= 15 is 0 Å². The number of nitro groups is 1. The molecule has 0 aliphatic rings. The smallest absolute Gasteiger partial charge is 0.280 e. The zero-order valence-corrected chi connectivity index (χ0v) is 13.0. The summed E-state index contributed by atoms with van der Waals surface area (Å²) in [6, 6.07) is 9.27. The van der Waals surface area contributed by atoms with Crippen LogP contribution in [0.4, 0.5) is 22.3 Å². The Hall–Kier alpha value is -3.33. The number of carbonyl (C=O) groups is 1. The van der Waals surface area contributed by atoms with Crippen LogP contribution in [0.5, 0.6) is 0 Å². The van der Waals surface area contributed by atoms with Crippen LogP contribution in [0, 0.1) is 10.1 Å². The number of carbonyl (C=O) groups excluding carboxylic acids is 1. The predicted molar refractivity (Wildman–Crippen MR) is 90.6 cm³/mol. The SMILES string of the molecule is Nc1nc(Nc2cccnc2)sc1C(=O)c1ccccc1[N+](=O)[O-]. The van der Waals surface area contributed by atoms with Gasteiger partial charge in [-0.05, 0) is 18.2 Å². The molecule has 0 unspecified atom stereocenters. The maximum Gasteiger partial charge on any atom is 0.280 e. The van der Waals surface area contributed by atoms with Crippen LogP contribution in [0.1, 0.15) is 15.2 Å². The van der Waals surface area contributed by atoms with Crippen molar-refractivity contribution in [2.24, 2.45) is 0 Å². The molecule has 0 saturated heterocycles. The van der Waals surface area contributed by atoms with Gasteiger partial charge in [0.2, 0.25) is 5.78 Å². The molecule has 1 aromatic carbocycles. The van der Waals surface area contributed by atoms with Gasteiger partial charge >= 0.3 is 0 Å². The van der Waals surface area contributed by atoms with Crippen LogP contribution in [0.15, 0.2) is 48.8 Å². The van der Waals surface area contributed by atoms with Crippen molar-refractivity contribution in [1.29, 1.82) is 0 Å². The van der Waals surface area contributed by atoms with E-state index in [9.17, 15) is 14.9 Å². The van der Waals surface area contributed by atoms with Gasteiger partial charge in [-0.2, -0.15) is 0 Å². The van der Waals surface area contributed by atoms with Gasteiger partial charge in [0.05, 0.1) is 16.8 Å². The van der Waals surface area contributed by atoms with E-state index in [1.54, 1.807) is 30.6 Å². The summed E-state index contributed by atoms with van der Waals surface area (Å²) in [4.78, 5) is 31.3. The number of anilines is 3. The van der Waals surface area contributed by atoms with E-state index < -0.39 is 10.7 Å². The summed E-state index contributed by atoms with van der Waals surface area (Å²) in [5.74, 6) is -0.508. The maximum absolute atomic E-state index is 12.6. The van der Waals surface area contributed by atoms with Crippen molar-refractivity contribution >= 4 is 39.4 Å². The highest BCUT2D eigenvalue weighted by atomic mass is 32.1. The molecule has 2 heterocycles. The van der Waals surface area contributed by atoms with Crippen molar-refractivity contribution in [2.75, 3.05) is 11.1 Å². The number of benzene rings is 1. The first-order valence-corrected chi connectivity index (χ1v) is 7.59. The standard InChI is InChI=1S/C15H11N5O3S/c16-14-13(12(21)10-5-1-2-6-11(10)20(22)23)24-15(19-14)18-9-4-3-7-17-8-9/h1-8H,16H2,(H,18,19). The Kier molecular flexibility index (Phi) is 4.17. The highest BCUT2D eigenvalue weighted by Gasteiger charge is 2.25. The molecule has 0 atom stereocenters. The second-order valence-corrected chi connectivity index (χ2v) is 5.70. The van der Waals surface area contributed by atoms with Gasteiger partial charge in [-0.3, -0.25) is 19.9 Å². The molecule has 3 aromatic rings. The van der Waals surface area contributed by atoms with Gasteiger partial charge in [-0.25, -0.2) is 4.98 Å². The van der Waals surface area contributed by atoms with E-state index in [-0.39, 0.29) is 21.9 Å². The number of nitro benzene ring substituents is 1. The average molecular weight is 341 g/mol. The number of pyridine rings is 1. The molecule has 0 amide bonds. The van der Waals surface area contributed by atoms with Crippen LogP contribution in [-0.4, -0.2) is 20.7 Å². The molecule has 24 heavy (non-hydrogen) atoms. The molecule has 8 nitrogen and oxygen atoms in total. The molecule has 0 spiro atoms. The first-order chi connectivity index (χ1) is 11.6. The van der Waals surface area contributed by atoms with Gasteiger partial charge in [0.1, 0.15) is 16.3 Å². The van der Waals surface area contributed by atoms with Crippen molar-refractivity contribution in [1.82, 2.24) is 9.97 Å². The number of aromatic nitrogens is 2. The van der Waals surface area contributed by atoms with Crippen molar-refractivity contribution in [2.45, 2.75) is 0 Å². The number of thiazole rings is 1. The molecular formula is C15H11N5O3S. The van der Waals surface area contributed by atoms with Gasteiger partial charge in [0.15, 0.2) is 5.13 Å². The van der Waals surface area contributed by atoms with Crippen LogP contribution >= 0.6 is 11.3 Å². The largest absolute Gasteiger partial charge is 0.382 e. The lowest BCUT2D eigenvalue weighted by Crippen LogP contribution is -2.06. The van der Waals surface area contributed by atoms with E-state index in [2.05, 4.69) is 15.3 Å². The Balaban J connectivity index is 1.93. The average Bonchev–Trinajstić information content (AvgIpc) is 2.95. The Labute approximate surface area is 140 Å². The molecule has 0 aliphatic heterocycles. The van der Waals surface area contributed by atoms with E-state index in [0.29, 0.717) is 10.8 Å². The van der Waals surface area contributed by atoms with Crippen molar-refractivity contribution in [3.05, 3.63) is 69.3 Å². The number of hydrogen-bond acceptors (Lipinski definition) is 8. The summed E-state index contributed by atoms with van der Waals surface area (Å²) < 4.78 is 0. The normalized spacial score (nSPS) is 10.3. The monoisotopic (exact) mass is 341 g/mol. The lowest BCUT2D eigenvalue weighted by atomic mass is 10.1. The Bertz CT molecular complexity index is 910. The van der Waals surface area contributed by atoms with Gasteiger partial charge in [0.25, 0.3) is 5.69 Å². The number of nitrogens with one attached hydrogen (secondary N) is 1. The molecule has 0 saturated carbocycles. The van der Waals surface area contributed by atoms with Gasteiger partial charge in [-0.1, -0.05) is 23.5 Å². The maximum atomic E-state index is 12.6. The van der Waals surface area contributed by atoms with Crippen molar-refractivity contribution in [3.8, 4) is 0 Å². The van der Waals surface area contributed by atoms with Gasteiger partial charge in [0, 0.05) is 12.3 Å². The van der Waals surface area contributed by atoms with Crippen LogP contribution < -0.4 is 11.1 Å². The topological polar surface area (TPSA) is 124 Å². The second-order valence-electron chi connectivity index (χ2n) is 4.70. The molecule has 3 rings (SSSR count). The molecule has 0 bridgehead atoms. The lowest BCUT2D eigenvalue weighted by Gasteiger charge is -2.00. The van der Waals surface area contributed by atoms with Gasteiger partial charge < -0.3 is 11.1 Å². The second kappa shape index (κ2) is 6.42. The molecule has 9 heteroatoms. The summed E-state index contributed by atoms with van der Waals surface area (Å²) in [6.07, 6.45) is 3.23.